The molecule has 2 saturated carbocycles. The molecule has 6 rings (SSSR count). The quantitative estimate of drug-likeness (QED) is 0.905. The summed E-state index contributed by atoms with van der Waals surface area (Å²) >= 11 is 0. The highest BCUT2D eigenvalue weighted by molar-refractivity contribution is 5.85. The van der Waals surface area contributed by atoms with Crippen molar-refractivity contribution in [1.82, 2.24) is 5.32 Å². The van der Waals surface area contributed by atoms with Gasteiger partial charge in [0.2, 0.25) is 0 Å². The highest BCUT2D eigenvalue weighted by Gasteiger charge is 2.87. The van der Waals surface area contributed by atoms with Gasteiger partial charge >= 0.3 is 0 Å². The lowest BCUT2D eigenvalue weighted by atomic mass is 9.87. The van der Waals surface area contributed by atoms with Crippen molar-refractivity contribution in [2.45, 2.75) is 18.4 Å². The van der Waals surface area contributed by atoms with E-state index in [1.54, 1.807) is 5.56 Å². The van der Waals surface area contributed by atoms with E-state index in [0.29, 0.717) is 5.41 Å². The summed E-state index contributed by atoms with van der Waals surface area (Å²) in [5, 5.41) is 6.24. The first-order valence-electron chi connectivity index (χ1n) is 7.25. The zero-order chi connectivity index (χ0) is 12.6. The normalized spacial score (nSPS) is 37.2. The maximum Gasteiger partial charge on any atom is 0.119 e. The first-order chi connectivity index (χ1) is 9.34. The second-order valence-corrected chi connectivity index (χ2v) is 6.16. The molecule has 2 unspecified atom stereocenters. The van der Waals surface area contributed by atoms with Crippen molar-refractivity contribution >= 4 is 10.8 Å². The molecule has 0 radical (unpaired) electrons. The third kappa shape index (κ3) is 1.12. The Morgan fingerprint density at radius 3 is 2.68 bits per heavy atom. The number of fused-ring (bicyclic) bond motifs is 2. The van der Waals surface area contributed by atoms with Crippen LogP contribution >= 0.6 is 0 Å². The smallest absolute Gasteiger partial charge is 0.119 e. The molecule has 2 bridgehead atoms. The van der Waals surface area contributed by atoms with Gasteiger partial charge in [0.1, 0.15) is 5.75 Å². The van der Waals surface area contributed by atoms with Gasteiger partial charge in [0.25, 0.3) is 0 Å². The van der Waals surface area contributed by atoms with Crippen LogP contribution in [0.15, 0.2) is 36.4 Å². The zero-order valence-electron chi connectivity index (χ0n) is 11.0. The summed E-state index contributed by atoms with van der Waals surface area (Å²) < 4.78 is 5.57. The Kier molecular flexibility index (Phi) is 1.69. The van der Waals surface area contributed by atoms with Crippen LogP contribution in [0.1, 0.15) is 12.5 Å². The lowest BCUT2D eigenvalue weighted by Crippen LogP contribution is -2.17. The number of hydrogen-bond acceptors (Lipinski definition) is 2. The Balaban J connectivity index is 1.57. The summed E-state index contributed by atoms with van der Waals surface area (Å²) in [5.74, 6) is 2.87. The Bertz CT molecular complexity index is 683. The maximum atomic E-state index is 5.57. The summed E-state index contributed by atoms with van der Waals surface area (Å²) in [5.41, 5.74) is 2.05. The van der Waals surface area contributed by atoms with Crippen LogP contribution in [-0.4, -0.2) is 19.2 Å². The third-order valence-electron chi connectivity index (χ3n) is 5.39. The minimum absolute atomic E-state index is 0.511. The molecule has 2 heteroatoms. The molecule has 2 nitrogen and oxygen atoms in total. The van der Waals surface area contributed by atoms with Crippen LogP contribution in [0.25, 0.3) is 10.8 Å². The Morgan fingerprint density at radius 1 is 1.16 bits per heavy atom. The lowest BCUT2D eigenvalue weighted by Gasteiger charge is -2.16. The van der Waals surface area contributed by atoms with Crippen LogP contribution in [-0.2, 0) is 5.41 Å². The molecule has 2 saturated heterocycles. The molecule has 2 aromatic rings. The van der Waals surface area contributed by atoms with Gasteiger partial charge in [-0.25, -0.2) is 0 Å². The maximum absolute atomic E-state index is 5.57. The molecule has 2 aliphatic carbocycles. The second kappa shape index (κ2) is 3.13. The number of piperidine rings is 1. The fourth-order valence-corrected chi connectivity index (χ4v) is 4.37. The predicted molar refractivity (Wildman–Crippen MR) is 75.6 cm³/mol. The van der Waals surface area contributed by atoms with Crippen molar-refractivity contribution in [2.75, 3.05) is 13.2 Å². The van der Waals surface area contributed by atoms with Gasteiger partial charge in [0.15, 0.2) is 0 Å². The first kappa shape index (κ1) is 10.3. The Hall–Kier alpha value is -1.54. The number of ether oxygens (including phenoxy) is 1. The molecule has 2 aliphatic heterocycles. The molecule has 19 heavy (non-hydrogen) atoms. The van der Waals surface area contributed by atoms with Crippen molar-refractivity contribution in [3.63, 3.8) is 0 Å². The summed E-state index contributed by atoms with van der Waals surface area (Å²) in [6.07, 6.45) is 0. The molecule has 2 aromatic carbocycles. The number of rotatable bonds is 3. The number of benzene rings is 2. The van der Waals surface area contributed by atoms with Crippen LogP contribution < -0.4 is 10.1 Å². The van der Waals surface area contributed by atoms with Gasteiger partial charge in [0, 0.05) is 18.0 Å². The van der Waals surface area contributed by atoms with Crippen molar-refractivity contribution in [3.05, 3.63) is 42.0 Å². The van der Waals surface area contributed by atoms with Crippen LogP contribution in [0.5, 0.6) is 5.75 Å². The number of hydrogen-bond donors (Lipinski definition) is 1. The van der Waals surface area contributed by atoms with Crippen LogP contribution in [0, 0.1) is 11.8 Å². The first-order valence-corrected chi connectivity index (χ1v) is 7.25. The summed E-state index contributed by atoms with van der Waals surface area (Å²) in [6.45, 7) is 3.94. The van der Waals surface area contributed by atoms with Crippen LogP contribution in [0.2, 0.25) is 0 Å². The van der Waals surface area contributed by atoms with Gasteiger partial charge in [-0.05, 0) is 47.2 Å². The van der Waals surface area contributed by atoms with E-state index >= 15 is 0 Å². The molecule has 1 N–H and O–H groups in total. The van der Waals surface area contributed by atoms with Gasteiger partial charge < -0.3 is 10.1 Å². The average Bonchev–Trinajstić information content (AvgIpc) is 3.23. The molecule has 4 aliphatic rings. The monoisotopic (exact) mass is 251 g/mol. The molecule has 4 fully saturated rings. The second-order valence-electron chi connectivity index (χ2n) is 6.16. The van der Waals surface area contributed by atoms with Crippen molar-refractivity contribution < 1.29 is 4.74 Å². The standard InChI is InChI=1S/C17H17NO/c1-2-19-13-6-4-10-7-12(5-3-11(10)8-13)17-9-18-16-14(17)15(16)17/h3-8,14-16,18H,2,9H2,1H3. The molecule has 2 atom stereocenters. The highest BCUT2D eigenvalue weighted by atomic mass is 16.5. The van der Waals surface area contributed by atoms with Gasteiger partial charge in [-0.15, -0.1) is 0 Å². The van der Waals surface area contributed by atoms with E-state index in [9.17, 15) is 0 Å². The lowest BCUT2D eigenvalue weighted by molar-refractivity contribution is 0.341. The van der Waals surface area contributed by atoms with Gasteiger partial charge in [0.05, 0.1) is 6.61 Å². The molecule has 0 amide bonds. The van der Waals surface area contributed by atoms with E-state index in [1.807, 2.05) is 6.92 Å². The fraction of sp³-hybridized carbons (Fsp3) is 0.412. The Morgan fingerprint density at radius 2 is 1.95 bits per heavy atom. The fourth-order valence-electron chi connectivity index (χ4n) is 4.37. The van der Waals surface area contributed by atoms with E-state index in [-0.39, 0.29) is 0 Å². The highest BCUT2D eigenvalue weighted by Crippen LogP contribution is 2.80. The van der Waals surface area contributed by atoms with E-state index in [1.165, 1.54) is 17.3 Å². The summed E-state index contributed by atoms with van der Waals surface area (Å²) in [6, 6.07) is 14.2. The predicted octanol–water partition coefficient (Wildman–Crippen LogP) is 2.71. The molecule has 0 spiro atoms. The summed E-state index contributed by atoms with van der Waals surface area (Å²) in [4.78, 5) is 0. The molecule has 2 heterocycles. The summed E-state index contributed by atoms with van der Waals surface area (Å²) in [7, 11) is 0. The number of nitrogens with one attached hydrogen (secondary N) is 1. The minimum atomic E-state index is 0.511. The SMILES string of the molecule is CCOc1ccc2cc(C34CNC5C3C54)ccc2c1. The molecule has 96 valence electrons. The van der Waals surface area contributed by atoms with Crippen LogP contribution in [0.3, 0.4) is 0 Å². The van der Waals surface area contributed by atoms with Crippen LogP contribution in [0.4, 0.5) is 0 Å². The molecular formula is C17H17NO. The van der Waals surface area contributed by atoms with Crippen molar-refractivity contribution in [3.8, 4) is 5.75 Å². The molecular weight excluding hydrogens is 234 g/mol. The molecule has 0 aromatic heterocycles. The van der Waals surface area contributed by atoms with E-state index < -0.39 is 0 Å². The van der Waals surface area contributed by atoms with Crippen molar-refractivity contribution in [2.24, 2.45) is 11.8 Å². The zero-order valence-corrected chi connectivity index (χ0v) is 11.0. The largest absolute Gasteiger partial charge is 0.494 e. The minimum Gasteiger partial charge on any atom is -0.494 e. The van der Waals surface area contributed by atoms with E-state index in [4.69, 9.17) is 4.74 Å². The van der Waals surface area contributed by atoms with Gasteiger partial charge in [-0.1, -0.05) is 24.3 Å². The Labute approximate surface area is 112 Å². The van der Waals surface area contributed by atoms with Crippen molar-refractivity contribution in [1.29, 1.82) is 0 Å². The van der Waals surface area contributed by atoms with E-state index in [0.717, 1.165) is 30.2 Å². The van der Waals surface area contributed by atoms with Gasteiger partial charge in [-0.2, -0.15) is 0 Å². The topological polar surface area (TPSA) is 21.3 Å². The van der Waals surface area contributed by atoms with E-state index in [2.05, 4.69) is 41.7 Å². The third-order valence-corrected chi connectivity index (χ3v) is 5.39. The van der Waals surface area contributed by atoms with Gasteiger partial charge in [-0.3, -0.25) is 0 Å². The average molecular weight is 251 g/mol.